The fourth-order valence-electron chi connectivity index (χ4n) is 1.95. The number of rotatable bonds is 6. The Bertz CT molecular complexity index is 212. The number of nitrogens with one attached hydrogen (secondary N) is 1. The van der Waals surface area contributed by atoms with Gasteiger partial charge in [0.25, 0.3) is 0 Å². The van der Waals surface area contributed by atoms with Crippen molar-refractivity contribution in [2.45, 2.75) is 38.2 Å². The highest BCUT2D eigenvalue weighted by atomic mass is 16.5. The van der Waals surface area contributed by atoms with Gasteiger partial charge in [-0.2, -0.15) is 0 Å². The van der Waals surface area contributed by atoms with E-state index < -0.39 is 5.60 Å². The van der Waals surface area contributed by atoms with Gasteiger partial charge in [-0.15, -0.1) is 0 Å². The van der Waals surface area contributed by atoms with Crippen LogP contribution >= 0.6 is 0 Å². The quantitative estimate of drug-likeness (QED) is 0.518. The molecule has 1 aliphatic rings. The Morgan fingerprint density at radius 1 is 1.53 bits per heavy atom. The van der Waals surface area contributed by atoms with Crippen molar-refractivity contribution >= 4 is 0 Å². The smallest absolute Gasteiger partial charge is 0.0952 e. The van der Waals surface area contributed by atoms with Crippen LogP contribution in [0.25, 0.3) is 0 Å². The molecule has 3 heteroatoms. The van der Waals surface area contributed by atoms with Gasteiger partial charge in [0.05, 0.1) is 12.2 Å². The van der Waals surface area contributed by atoms with Gasteiger partial charge in [0, 0.05) is 20.2 Å². The molecule has 0 saturated carbocycles. The van der Waals surface area contributed by atoms with Gasteiger partial charge >= 0.3 is 0 Å². The topological polar surface area (TPSA) is 41.5 Å². The summed E-state index contributed by atoms with van der Waals surface area (Å²) in [7, 11) is 1.68. The Labute approximate surface area is 92.5 Å². The number of hydrogen-bond donors (Lipinski definition) is 2. The Morgan fingerprint density at radius 3 is 2.93 bits per heavy atom. The molecule has 0 aromatic heterocycles. The van der Waals surface area contributed by atoms with Gasteiger partial charge in [0.1, 0.15) is 0 Å². The van der Waals surface area contributed by atoms with E-state index >= 15 is 0 Å². The largest absolute Gasteiger partial charge is 0.384 e. The third-order valence-corrected chi connectivity index (χ3v) is 2.93. The summed E-state index contributed by atoms with van der Waals surface area (Å²) >= 11 is 0. The van der Waals surface area contributed by atoms with Crippen LogP contribution in [0.1, 0.15) is 32.6 Å². The highest BCUT2D eigenvalue weighted by Crippen LogP contribution is 2.26. The molecule has 1 atom stereocenters. The molecule has 15 heavy (non-hydrogen) atoms. The van der Waals surface area contributed by atoms with Crippen molar-refractivity contribution in [2.75, 3.05) is 26.8 Å². The number of allylic oxidation sites excluding steroid dienone is 1. The minimum absolute atomic E-state index is 0.613. The van der Waals surface area contributed by atoms with Crippen molar-refractivity contribution in [2.24, 2.45) is 0 Å². The van der Waals surface area contributed by atoms with Crippen LogP contribution in [0.4, 0.5) is 0 Å². The summed E-state index contributed by atoms with van der Waals surface area (Å²) in [6.07, 6.45) is 6.82. The van der Waals surface area contributed by atoms with Crippen molar-refractivity contribution in [1.82, 2.24) is 5.32 Å². The van der Waals surface area contributed by atoms with Gasteiger partial charge in [-0.1, -0.05) is 6.08 Å². The van der Waals surface area contributed by atoms with Crippen molar-refractivity contribution in [3.8, 4) is 0 Å². The first-order valence-corrected chi connectivity index (χ1v) is 5.78. The molecule has 0 spiro atoms. The molecule has 1 aliphatic carbocycles. The van der Waals surface area contributed by atoms with E-state index in [-0.39, 0.29) is 0 Å². The number of ether oxygens (including phenoxy) is 1. The highest BCUT2D eigenvalue weighted by molar-refractivity contribution is 5.17. The molecule has 88 valence electrons. The van der Waals surface area contributed by atoms with Gasteiger partial charge < -0.3 is 15.2 Å². The Kier molecular flexibility index (Phi) is 5.29. The third-order valence-electron chi connectivity index (χ3n) is 2.93. The molecule has 0 radical (unpaired) electrons. The molecular formula is C12H23NO2. The van der Waals surface area contributed by atoms with Crippen molar-refractivity contribution in [3.63, 3.8) is 0 Å². The third kappa shape index (κ3) is 4.33. The van der Waals surface area contributed by atoms with Crippen LogP contribution in [0.3, 0.4) is 0 Å². The SMILES string of the molecule is COCCNCC(C)(O)C1=CCCCC1. The maximum Gasteiger partial charge on any atom is 0.0952 e. The lowest BCUT2D eigenvalue weighted by molar-refractivity contribution is 0.0888. The van der Waals surface area contributed by atoms with Crippen molar-refractivity contribution < 1.29 is 9.84 Å². The lowest BCUT2D eigenvalue weighted by Gasteiger charge is -2.29. The Hall–Kier alpha value is -0.380. The summed E-state index contributed by atoms with van der Waals surface area (Å²) in [5.74, 6) is 0. The summed E-state index contributed by atoms with van der Waals surface area (Å²) in [5.41, 5.74) is 0.507. The number of hydrogen-bond acceptors (Lipinski definition) is 3. The van der Waals surface area contributed by atoms with Crippen LogP contribution in [0.5, 0.6) is 0 Å². The van der Waals surface area contributed by atoms with Gasteiger partial charge in [0.2, 0.25) is 0 Å². The van der Waals surface area contributed by atoms with Crippen LogP contribution in [0, 0.1) is 0 Å². The normalized spacial score (nSPS) is 20.9. The molecular weight excluding hydrogens is 190 g/mol. The fourth-order valence-corrected chi connectivity index (χ4v) is 1.95. The van der Waals surface area contributed by atoms with Crippen LogP contribution < -0.4 is 5.32 Å². The Balaban J connectivity index is 2.33. The summed E-state index contributed by atoms with van der Waals surface area (Å²) in [4.78, 5) is 0. The molecule has 0 amide bonds. The monoisotopic (exact) mass is 213 g/mol. The first-order valence-electron chi connectivity index (χ1n) is 5.78. The van der Waals surface area contributed by atoms with Gasteiger partial charge in [-0.3, -0.25) is 0 Å². The van der Waals surface area contributed by atoms with E-state index in [9.17, 15) is 5.11 Å². The molecule has 0 aromatic rings. The van der Waals surface area contributed by atoms with Crippen LogP contribution in [0.2, 0.25) is 0 Å². The second-order valence-electron chi connectivity index (χ2n) is 4.42. The predicted octanol–water partition coefficient (Wildman–Crippen LogP) is 1.47. The van der Waals surface area contributed by atoms with E-state index in [1.807, 2.05) is 6.92 Å². The summed E-state index contributed by atoms with van der Waals surface area (Å²) in [5, 5.41) is 13.5. The zero-order valence-electron chi connectivity index (χ0n) is 9.88. The van der Waals surface area contributed by atoms with E-state index in [1.54, 1.807) is 7.11 Å². The summed E-state index contributed by atoms with van der Waals surface area (Å²) < 4.78 is 4.94. The van der Waals surface area contributed by atoms with Gasteiger partial charge in [-0.05, 0) is 38.2 Å². The van der Waals surface area contributed by atoms with E-state index in [1.165, 1.54) is 18.4 Å². The van der Waals surface area contributed by atoms with Crippen molar-refractivity contribution in [3.05, 3.63) is 11.6 Å². The van der Waals surface area contributed by atoms with Crippen LogP contribution in [-0.2, 0) is 4.74 Å². The molecule has 0 saturated heterocycles. The molecule has 0 bridgehead atoms. The predicted molar refractivity (Wildman–Crippen MR) is 61.9 cm³/mol. The first-order chi connectivity index (χ1) is 7.17. The van der Waals surface area contributed by atoms with Gasteiger partial charge in [-0.25, -0.2) is 0 Å². The van der Waals surface area contributed by atoms with E-state index in [0.717, 1.165) is 19.4 Å². The maximum absolute atomic E-state index is 10.3. The molecule has 3 nitrogen and oxygen atoms in total. The molecule has 1 unspecified atom stereocenters. The lowest BCUT2D eigenvalue weighted by atomic mass is 9.87. The van der Waals surface area contributed by atoms with E-state index in [0.29, 0.717) is 13.2 Å². The molecule has 0 aromatic carbocycles. The summed E-state index contributed by atoms with van der Waals surface area (Å²) in [6, 6.07) is 0. The minimum atomic E-state index is -0.686. The van der Waals surface area contributed by atoms with Crippen LogP contribution in [0.15, 0.2) is 11.6 Å². The highest BCUT2D eigenvalue weighted by Gasteiger charge is 2.25. The maximum atomic E-state index is 10.3. The number of aliphatic hydroxyl groups is 1. The standard InChI is InChI=1S/C12H23NO2/c1-12(14,10-13-8-9-15-2)11-6-4-3-5-7-11/h6,13-14H,3-5,7-10H2,1-2H3. The number of methoxy groups -OCH3 is 1. The Morgan fingerprint density at radius 2 is 2.33 bits per heavy atom. The van der Waals surface area contributed by atoms with E-state index in [2.05, 4.69) is 11.4 Å². The van der Waals surface area contributed by atoms with E-state index in [4.69, 9.17) is 4.74 Å². The summed E-state index contributed by atoms with van der Waals surface area (Å²) in [6.45, 7) is 3.99. The average Bonchev–Trinajstić information content (AvgIpc) is 2.26. The molecule has 0 aliphatic heterocycles. The zero-order valence-corrected chi connectivity index (χ0v) is 9.88. The minimum Gasteiger partial charge on any atom is -0.384 e. The first kappa shape index (κ1) is 12.7. The zero-order chi connectivity index (χ0) is 11.1. The average molecular weight is 213 g/mol. The lowest BCUT2D eigenvalue weighted by Crippen LogP contribution is -2.41. The molecule has 0 fully saturated rings. The molecule has 0 heterocycles. The molecule has 2 N–H and O–H groups in total. The van der Waals surface area contributed by atoms with Crippen molar-refractivity contribution in [1.29, 1.82) is 0 Å². The second-order valence-corrected chi connectivity index (χ2v) is 4.42. The second kappa shape index (κ2) is 6.26. The fraction of sp³-hybridized carbons (Fsp3) is 0.833. The van der Waals surface area contributed by atoms with Gasteiger partial charge in [0.15, 0.2) is 0 Å². The van der Waals surface area contributed by atoms with Crippen LogP contribution in [-0.4, -0.2) is 37.5 Å². The molecule has 1 rings (SSSR count).